The van der Waals surface area contributed by atoms with Crippen LogP contribution in [0.15, 0.2) is 54.7 Å². The molecule has 1 heterocycles. The molecule has 1 aromatic heterocycles. The van der Waals surface area contributed by atoms with Crippen LogP contribution in [0.3, 0.4) is 0 Å². The summed E-state index contributed by atoms with van der Waals surface area (Å²) in [5.41, 5.74) is 6.24. The zero-order valence-electron chi connectivity index (χ0n) is 21.9. The average molecular weight is 522 g/mol. The van der Waals surface area contributed by atoms with E-state index in [1.165, 1.54) is 35.4 Å². The zero-order chi connectivity index (χ0) is 27.4. The Hall–Kier alpha value is -4.25. The van der Waals surface area contributed by atoms with Gasteiger partial charge in [0.2, 0.25) is 17.8 Å². The number of halogens is 1. The summed E-state index contributed by atoms with van der Waals surface area (Å²) in [6.45, 7) is 1.74. The van der Waals surface area contributed by atoms with Crippen LogP contribution in [0.25, 0.3) is 0 Å². The van der Waals surface area contributed by atoms with Crippen LogP contribution in [0.1, 0.15) is 12.8 Å². The van der Waals surface area contributed by atoms with Crippen LogP contribution in [0.2, 0.25) is 0 Å². The minimum absolute atomic E-state index is 0.207. The summed E-state index contributed by atoms with van der Waals surface area (Å²) >= 11 is 0. The number of amides is 2. The number of ether oxygens (including phenoxy) is 1. The molecule has 3 aromatic rings. The van der Waals surface area contributed by atoms with Crippen molar-refractivity contribution < 1.29 is 18.7 Å². The van der Waals surface area contributed by atoms with Crippen molar-refractivity contribution in [2.24, 2.45) is 11.1 Å². The van der Waals surface area contributed by atoms with Crippen LogP contribution in [0.4, 0.5) is 33.2 Å². The number of hydrogen-bond acceptors (Lipinski definition) is 8. The lowest BCUT2D eigenvalue weighted by Crippen LogP contribution is -2.41. The van der Waals surface area contributed by atoms with Gasteiger partial charge in [-0.3, -0.25) is 14.5 Å². The summed E-state index contributed by atoms with van der Waals surface area (Å²) in [6.07, 6.45) is 2.19. The zero-order valence-corrected chi connectivity index (χ0v) is 21.9. The second kappa shape index (κ2) is 11.0. The van der Waals surface area contributed by atoms with E-state index < -0.39 is 23.0 Å². The highest BCUT2D eigenvalue weighted by Crippen LogP contribution is 2.48. The summed E-state index contributed by atoms with van der Waals surface area (Å²) in [4.78, 5) is 40.0. The van der Waals surface area contributed by atoms with E-state index in [0.29, 0.717) is 30.0 Å². The van der Waals surface area contributed by atoms with Gasteiger partial charge in [-0.2, -0.15) is 4.98 Å². The van der Waals surface area contributed by atoms with Crippen LogP contribution >= 0.6 is 0 Å². The number of methoxy groups -OCH3 is 1. The Morgan fingerprint density at radius 2 is 1.74 bits per heavy atom. The van der Waals surface area contributed by atoms with Gasteiger partial charge in [0.1, 0.15) is 22.8 Å². The molecule has 200 valence electrons. The van der Waals surface area contributed by atoms with E-state index in [-0.39, 0.29) is 11.8 Å². The SMILES string of the molecule is COc1cc(N(C)CCN(C)C)ccc1Nc1nccc(N(C(=O)C2(C(N)=O)CC2)c2ccc(F)cc2)n1. The lowest BCUT2D eigenvalue weighted by Gasteiger charge is -2.26. The van der Waals surface area contributed by atoms with E-state index >= 15 is 0 Å². The fourth-order valence-electron chi connectivity index (χ4n) is 4.00. The molecule has 4 rings (SSSR count). The third-order valence-corrected chi connectivity index (χ3v) is 6.54. The van der Waals surface area contributed by atoms with Gasteiger partial charge in [-0.1, -0.05) is 0 Å². The minimum atomic E-state index is -1.30. The third kappa shape index (κ3) is 5.67. The Morgan fingerprint density at radius 1 is 1.05 bits per heavy atom. The van der Waals surface area contributed by atoms with E-state index in [4.69, 9.17) is 10.5 Å². The molecule has 0 unspecified atom stereocenters. The first-order chi connectivity index (χ1) is 18.1. The number of likely N-dealkylation sites (N-methyl/N-ethyl adjacent to an activating group) is 2. The fourth-order valence-corrected chi connectivity index (χ4v) is 4.00. The Kier molecular flexibility index (Phi) is 7.77. The molecule has 2 aromatic carbocycles. The van der Waals surface area contributed by atoms with Crippen LogP contribution in [0.5, 0.6) is 5.75 Å². The first kappa shape index (κ1) is 26.8. The molecule has 1 aliphatic rings. The maximum atomic E-state index is 13.6. The maximum absolute atomic E-state index is 13.6. The van der Waals surface area contributed by atoms with Gasteiger partial charge in [0, 0.05) is 44.2 Å². The number of hydrogen-bond donors (Lipinski definition) is 2. The number of carbonyl (C=O) groups excluding carboxylic acids is 2. The van der Waals surface area contributed by atoms with E-state index in [1.807, 2.05) is 39.3 Å². The second-order valence-electron chi connectivity index (χ2n) is 9.54. The minimum Gasteiger partial charge on any atom is -0.494 e. The number of anilines is 5. The Bertz CT molecular complexity index is 1310. The van der Waals surface area contributed by atoms with Crippen molar-refractivity contribution in [3.63, 3.8) is 0 Å². The molecule has 2 amide bonds. The van der Waals surface area contributed by atoms with E-state index in [9.17, 15) is 14.0 Å². The quantitative estimate of drug-likeness (QED) is 0.369. The number of aromatic nitrogens is 2. The van der Waals surface area contributed by atoms with Crippen LogP contribution < -0.4 is 25.6 Å². The van der Waals surface area contributed by atoms with Gasteiger partial charge in [-0.25, -0.2) is 9.37 Å². The Labute approximate surface area is 221 Å². The van der Waals surface area contributed by atoms with Gasteiger partial charge in [-0.15, -0.1) is 0 Å². The number of carbonyl (C=O) groups is 2. The van der Waals surface area contributed by atoms with Crippen molar-refractivity contribution in [1.82, 2.24) is 14.9 Å². The Balaban J connectivity index is 1.63. The first-order valence-electron chi connectivity index (χ1n) is 12.2. The second-order valence-corrected chi connectivity index (χ2v) is 9.54. The molecule has 1 aliphatic carbocycles. The van der Waals surface area contributed by atoms with Gasteiger partial charge in [-0.05, 0) is 63.3 Å². The predicted molar refractivity (Wildman–Crippen MR) is 145 cm³/mol. The monoisotopic (exact) mass is 521 g/mol. The Morgan fingerprint density at radius 3 is 2.34 bits per heavy atom. The van der Waals surface area contributed by atoms with Crippen molar-refractivity contribution in [2.75, 3.05) is 56.5 Å². The molecule has 1 saturated carbocycles. The largest absolute Gasteiger partial charge is 0.494 e. The molecule has 0 bridgehead atoms. The van der Waals surface area contributed by atoms with Crippen LogP contribution in [-0.4, -0.2) is 68.0 Å². The van der Waals surface area contributed by atoms with Gasteiger partial charge in [0.05, 0.1) is 18.5 Å². The smallest absolute Gasteiger partial charge is 0.248 e. The number of nitrogens with two attached hydrogens (primary N) is 1. The van der Waals surface area contributed by atoms with Gasteiger partial charge < -0.3 is 25.6 Å². The number of benzene rings is 2. The first-order valence-corrected chi connectivity index (χ1v) is 12.2. The summed E-state index contributed by atoms with van der Waals surface area (Å²) in [5, 5.41) is 3.15. The van der Waals surface area contributed by atoms with Crippen LogP contribution in [0, 0.1) is 11.2 Å². The number of rotatable bonds is 11. The highest BCUT2D eigenvalue weighted by Gasteiger charge is 2.57. The van der Waals surface area contributed by atoms with E-state index in [1.54, 1.807) is 13.2 Å². The fraction of sp³-hybridized carbons (Fsp3) is 0.333. The molecule has 0 aliphatic heterocycles. The average Bonchev–Trinajstić information content (AvgIpc) is 3.71. The van der Waals surface area contributed by atoms with Crippen molar-refractivity contribution in [3.05, 3.63) is 60.5 Å². The van der Waals surface area contributed by atoms with E-state index in [2.05, 4.69) is 25.1 Å². The molecule has 0 spiro atoms. The normalized spacial score (nSPS) is 13.6. The van der Waals surface area contributed by atoms with Crippen LogP contribution in [-0.2, 0) is 9.59 Å². The molecule has 0 saturated heterocycles. The summed E-state index contributed by atoms with van der Waals surface area (Å²) < 4.78 is 19.2. The molecule has 38 heavy (non-hydrogen) atoms. The molecular formula is C27H32FN7O3. The summed E-state index contributed by atoms with van der Waals surface area (Å²) in [5.74, 6) is -0.647. The molecular weight excluding hydrogens is 489 g/mol. The number of nitrogens with zero attached hydrogens (tertiary/aromatic N) is 5. The summed E-state index contributed by atoms with van der Waals surface area (Å²) in [7, 11) is 7.64. The predicted octanol–water partition coefficient (Wildman–Crippen LogP) is 3.30. The van der Waals surface area contributed by atoms with E-state index in [0.717, 1.165) is 18.8 Å². The standard InChI is InChI=1S/C27H32FN7O3/c1-33(2)15-16-34(3)20-9-10-21(22(17-20)38-4)31-26-30-14-11-23(32-26)35(19-7-5-18(28)6-8-19)25(37)27(12-13-27)24(29)36/h5-11,14,17H,12-13,15-16H2,1-4H3,(H2,29,36)(H,30,31,32). The van der Waals surface area contributed by atoms with Gasteiger partial charge in [0.25, 0.3) is 0 Å². The summed E-state index contributed by atoms with van der Waals surface area (Å²) in [6, 6.07) is 12.7. The lowest BCUT2D eigenvalue weighted by molar-refractivity contribution is -0.133. The third-order valence-electron chi connectivity index (χ3n) is 6.54. The molecule has 1 fully saturated rings. The van der Waals surface area contributed by atoms with Crippen molar-refractivity contribution in [3.8, 4) is 5.75 Å². The molecule has 10 nitrogen and oxygen atoms in total. The van der Waals surface area contributed by atoms with Crippen molar-refractivity contribution in [1.29, 1.82) is 0 Å². The molecule has 11 heteroatoms. The highest BCUT2D eigenvalue weighted by molar-refractivity contribution is 6.16. The lowest BCUT2D eigenvalue weighted by atomic mass is 10.0. The van der Waals surface area contributed by atoms with Crippen molar-refractivity contribution in [2.45, 2.75) is 12.8 Å². The number of nitrogens with one attached hydrogen (secondary N) is 1. The van der Waals surface area contributed by atoms with Gasteiger partial charge in [0.15, 0.2) is 0 Å². The molecule has 0 radical (unpaired) electrons. The van der Waals surface area contributed by atoms with Crippen molar-refractivity contribution >= 4 is 40.6 Å². The maximum Gasteiger partial charge on any atom is 0.248 e. The highest BCUT2D eigenvalue weighted by atomic mass is 19.1. The number of primary amides is 1. The van der Waals surface area contributed by atoms with Gasteiger partial charge >= 0.3 is 0 Å². The topological polar surface area (TPSA) is 117 Å². The molecule has 3 N–H and O–H groups in total. The molecule has 0 atom stereocenters.